The summed E-state index contributed by atoms with van der Waals surface area (Å²) >= 11 is 0. The number of aromatic amines is 1. The van der Waals surface area contributed by atoms with E-state index in [-0.39, 0.29) is 19.3 Å². The van der Waals surface area contributed by atoms with Gasteiger partial charge < -0.3 is 19.1 Å². The lowest BCUT2D eigenvalue weighted by molar-refractivity contribution is -0.120. The highest BCUT2D eigenvalue weighted by Crippen LogP contribution is 2.35. The maximum Gasteiger partial charge on any atom is 0.265 e. The number of fused-ring (bicyclic) bond motifs is 1. The van der Waals surface area contributed by atoms with Crippen molar-refractivity contribution in [3.05, 3.63) is 29.6 Å². The standard InChI is InChI=1S/C20H25N3O4/c1-13-20(14(2)22-21-13)23(10-15-5-3-4-6-15)19(24)11-25-16-7-8-17-18(9-16)27-12-26-17/h7-9,15H,3-6,10-12H2,1-2H3,(H,21,22). The molecule has 2 aliphatic rings. The van der Waals surface area contributed by atoms with Gasteiger partial charge in [0, 0.05) is 12.6 Å². The predicted molar refractivity (Wildman–Crippen MR) is 100 cm³/mol. The van der Waals surface area contributed by atoms with Gasteiger partial charge in [0.15, 0.2) is 18.1 Å². The van der Waals surface area contributed by atoms with Crippen LogP contribution in [0.3, 0.4) is 0 Å². The second-order valence-electron chi connectivity index (χ2n) is 7.24. The zero-order valence-corrected chi connectivity index (χ0v) is 15.8. The first-order valence-electron chi connectivity index (χ1n) is 9.46. The number of rotatable bonds is 6. The van der Waals surface area contributed by atoms with Crippen LogP contribution in [0.5, 0.6) is 17.2 Å². The van der Waals surface area contributed by atoms with Crippen molar-refractivity contribution in [2.24, 2.45) is 5.92 Å². The summed E-state index contributed by atoms with van der Waals surface area (Å²) in [4.78, 5) is 14.9. The molecule has 1 saturated carbocycles. The highest BCUT2D eigenvalue weighted by molar-refractivity contribution is 5.95. The molecule has 1 aromatic carbocycles. The number of carbonyl (C=O) groups excluding carboxylic acids is 1. The van der Waals surface area contributed by atoms with E-state index in [1.54, 1.807) is 18.2 Å². The van der Waals surface area contributed by atoms with Crippen LogP contribution in [0.2, 0.25) is 0 Å². The summed E-state index contributed by atoms with van der Waals surface area (Å²) < 4.78 is 16.4. The Bertz CT molecular complexity index is 807. The lowest BCUT2D eigenvalue weighted by Crippen LogP contribution is -2.38. The molecule has 0 unspecified atom stereocenters. The van der Waals surface area contributed by atoms with Gasteiger partial charge in [-0.25, -0.2) is 0 Å². The van der Waals surface area contributed by atoms with Crippen molar-refractivity contribution in [2.75, 3.05) is 24.8 Å². The predicted octanol–water partition coefficient (Wildman–Crippen LogP) is 3.36. The molecular formula is C20H25N3O4. The number of hydrogen-bond donors (Lipinski definition) is 1. The summed E-state index contributed by atoms with van der Waals surface area (Å²) in [6, 6.07) is 5.34. The second-order valence-corrected chi connectivity index (χ2v) is 7.24. The third-order valence-corrected chi connectivity index (χ3v) is 5.28. The largest absolute Gasteiger partial charge is 0.484 e. The zero-order chi connectivity index (χ0) is 18.8. The number of H-pyrrole nitrogens is 1. The van der Waals surface area contributed by atoms with Crippen molar-refractivity contribution in [3.63, 3.8) is 0 Å². The fourth-order valence-corrected chi connectivity index (χ4v) is 3.90. The van der Waals surface area contributed by atoms with Crippen molar-refractivity contribution in [3.8, 4) is 17.2 Å². The number of aromatic nitrogens is 2. The molecule has 0 saturated heterocycles. The van der Waals surface area contributed by atoms with Gasteiger partial charge in [-0.15, -0.1) is 0 Å². The Hall–Kier alpha value is -2.70. The van der Waals surface area contributed by atoms with E-state index in [0.717, 1.165) is 17.1 Å². The molecule has 0 spiro atoms. The Balaban J connectivity index is 1.48. The summed E-state index contributed by atoms with van der Waals surface area (Å²) in [5.41, 5.74) is 2.62. The monoisotopic (exact) mass is 371 g/mol. The number of benzene rings is 1. The van der Waals surface area contributed by atoms with E-state index < -0.39 is 0 Å². The molecule has 0 bridgehead atoms. The molecule has 1 aliphatic heterocycles. The lowest BCUT2D eigenvalue weighted by Gasteiger charge is -2.26. The third-order valence-electron chi connectivity index (χ3n) is 5.28. The van der Waals surface area contributed by atoms with Crippen LogP contribution in [0.25, 0.3) is 0 Å². The zero-order valence-electron chi connectivity index (χ0n) is 15.8. The quantitative estimate of drug-likeness (QED) is 0.843. The Labute approximate surface area is 158 Å². The number of amides is 1. The first kappa shape index (κ1) is 17.7. The van der Waals surface area contributed by atoms with Crippen LogP contribution in [0.15, 0.2) is 18.2 Å². The van der Waals surface area contributed by atoms with E-state index in [2.05, 4.69) is 10.2 Å². The van der Waals surface area contributed by atoms with Crippen LogP contribution >= 0.6 is 0 Å². The Morgan fingerprint density at radius 2 is 2.04 bits per heavy atom. The van der Waals surface area contributed by atoms with Crippen molar-refractivity contribution in [1.29, 1.82) is 0 Å². The minimum Gasteiger partial charge on any atom is -0.484 e. The third kappa shape index (κ3) is 3.72. The molecule has 2 heterocycles. The first-order valence-corrected chi connectivity index (χ1v) is 9.46. The number of aryl methyl sites for hydroxylation is 2. The second kappa shape index (κ2) is 7.50. The van der Waals surface area contributed by atoms with Gasteiger partial charge in [-0.1, -0.05) is 12.8 Å². The minimum absolute atomic E-state index is 0.0313. The van der Waals surface area contributed by atoms with E-state index in [4.69, 9.17) is 14.2 Å². The SMILES string of the molecule is Cc1n[nH]c(C)c1N(CC1CCCC1)C(=O)COc1ccc2c(c1)OCO2. The molecule has 7 nitrogen and oxygen atoms in total. The van der Waals surface area contributed by atoms with Gasteiger partial charge >= 0.3 is 0 Å². The number of nitrogens with one attached hydrogen (secondary N) is 1. The van der Waals surface area contributed by atoms with Crippen molar-refractivity contribution in [2.45, 2.75) is 39.5 Å². The molecule has 27 heavy (non-hydrogen) atoms. The van der Waals surface area contributed by atoms with Gasteiger partial charge in [0.2, 0.25) is 6.79 Å². The number of hydrogen-bond acceptors (Lipinski definition) is 5. The van der Waals surface area contributed by atoms with Crippen LogP contribution in [-0.4, -0.2) is 36.0 Å². The highest BCUT2D eigenvalue weighted by Gasteiger charge is 2.27. The first-order chi connectivity index (χ1) is 13.1. The summed E-state index contributed by atoms with van der Waals surface area (Å²) in [5, 5.41) is 7.25. The minimum atomic E-state index is -0.0628. The van der Waals surface area contributed by atoms with E-state index >= 15 is 0 Å². The maximum atomic E-state index is 13.0. The maximum absolute atomic E-state index is 13.0. The van der Waals surface area contributed by atoms with Crippen LogP contribution in [0.4, 0.5) is 5.69 Å². The van der Waals surface area contributed by atoms with Crippen LogP contribution in [0.1, 0.15) is 37.1 Å². The fourth-order valence-electron chi connectivity index (χ4n) is 3.90. The number of nitrogens with zero attached hydrogens (tertiary/aromatic N) is 2. The molecular weight excluding hydrogens is 346 g/mol. The summed E-state index contributed by atoms with van der Waals surface area (Å²) in [7, 11) is 0. The van der Waals surface area contributed by atoms with Crippen LogP contribution in [-0.2, 0) is 4.79 Å². The molecule has 1 fully saturated rings. The molecule has 0 atom stereocenters. The average Bonchev–Trinajstić information content (AvgIpc) is 3.40. The molecule has 0 radical (unpaired) electrons. The topological polar surface area (TPSA) is 76.7 Å². The number of anilines is 1. The Morgan fingerprint density at radius 1 is 1.26 bits per heavy atom. The molecule has 7 heteroatoms. The summed E-state index contributed by atoms with van der Waals surface area (Å²) in [5.74, 6) is 2.40. The van der Waals surface area contributed by atoms with Crippen molar-refractivity contribution >= 4 is 11.6 Å². The fraction of sp³-hybridized carbons (Fsp3) is 0.500. The molecule has 1 aromatic heterocycles. The molecule has 2 aromatic rings. The van der Waals surface area contributed by atoms with Gasteiger partial charge in [0.05, 0.1) is 17.1 Å². The van der Waals surface area contributed by atoms with Gasteiger partial charge in [0.25, 0.3) is 5.91 Å². The summed E-state index contributed by atoms with van der Waals surface area (Å²) in [6.07, 6.45) is 4.82. The Kier molecular flexibility index (Phi) is 4.92. The van der Waals surface area contributed by atoms with Gasteiger partial charge in [0.1, 0.15) is 5.75 Å². The van der Waals surface area contributed by atoms with Gasteiger partial charge in [-0.3, -0.25) is 9.89 Å². The van der Waals surface area contributed by atoms with E-state index in [9.17, 15) is 4.79 Å². The van der Waals surface area contributed by atoms with Crippen molar-refractivity contribution in [1.82, 2.24) is 10.2 Å². The van der Waals surface area contributed by atoms with Gasteiger partial charge in [-0.2, -0.15) is 5.10 Å². The van der Waals surface area contributed by atoms with E-state index in [0.29, 0.717) is 29.7 Å². The van der Waals surface area contributed by atoms with Gasteiger partial charge in [-0.05, 0) is 44.7 Å². The average molecular weight is 371 g/mol. The molecule has 1 amide bonds. The molecule has 4 rings (SSSR count). The number of ether oxygens (including phenoxy) is 3. The van der Waals surface area contributed by atoms with E-state index in [1.165, 1.54) is 25.7 Å². The molecule has 1 aliphatic carbocycles. The normalized spacial score (nSPS) is 15.9. The van der Waals surface area contributed by atoms with E-state index in [1.807, 2.05) is 18.7 Å². The van der Waals surface area contributed by atoms with Crippen molar-refractivity contribution < 1.29 is 19.0 Å². The smallest absolute Gasteiger partial charge is 0.265 e. The van der Waals surface area contributed by atoms with Crippen LogP contribution in [0, 0.1) is 19.8 Å². The highest BCUT2D eigenvalue weighted by atomic mass is 16.7. The lowest BCUT2D eigenvalue weighted by atomic mass is 10.1. The molecule has 1 N–H and O–H groups in total. The molecule has 144 valence electrons. The summed E-state index contributed by atoms with van der Waals surface area (Å²) in [6.45, 7) is 4.77. The Morgan fingerprint density at radius 3 is 2.78 bits per heavy atom. The van der Waals surface area contributed by atoms with Crippen LogP contribution < -0.4 is 19.1 Å². The number of carbonyl (C=O) groups is 1.